The zero-order valence-corrected chi connectivity index (χ0v) is 9.57. The highest BCUT2D eigenvalue weighted by molar-refractivity contribution is 5.86. The van der Waals surface area contributed by atoms with Crippen LogP contribution in [0, 0.1) is 0 Å². The number of hydrogen-bond acceptors (Lipinski definition) is 3. The Hall–Kier alpha value is -0.870. The van der Waals surface area contributed by atoms with E-state index in [-0.39, 0.29) is 0 Å². The Morgan fingerprint density at radius 3 is 2.40 bits per heavy atom. The van der Waals surface area contributed by atoms with Crippen LogP contribution in [0.1, 0.15) is 12.8 Å². The van der Waals surface area contributed by atoms with Gasteiger partial charge < -0.3 is 10.0 Å². The van der Waals surface area contributed by atoms with Crippen LogP contribution in [0.2, 0.25) is 0 Å². The maximum atomic E-state index is 10.6. The van der Waals surface area contributed by atoms with Crippen molar-refractivity contribution in [3.05, 3.63) is 12.2 Å². The summed E-state index contributed by atoms with van der Waals surface area (Å²) >= 11 is 0. The standard InChI is InChI=1S/C11H20N2O2/c1-9(11(14)15)8-13-6-4-10(5-7-13)12(2)3/h10H,1,4-8H2,2-3H3,(H,14,15). The highest BCUT2D eigenvalue weighted by Gasteiger charge is 2.21. The number of aliphatic carboxylic acids is 1. The minimum Gasteiger partial charge on any atom is -0.478 e. The van der Waals surface area contributed by atoms with Gasteiger partial charge in [-0.15, -0.1) is 0 Å². The predicted octanol–water partition coefficient (Wildman–Crippen LogP) is 0.653. The topological polar surface area (TPSA) is 43.8 Å². The fourth-order valence-electron chi connectivity index (χ4n) is 1.93. The number of likely N-dealkylation sites (tertiary alicyclic amines) is 1. The molecular weight excluding hydrogens is 192 g/mol. The molecule has 0 bridgehead atoms. The fraction of sp³-hybridized carbons (Fsp3) is 0.727. The molecule has 1 N–H and O–H groups in total. The molecule has 0 spiro atoms. The summed E-state index contributed by atoms with van der Waals surface area (Å²) in [5.41, 5.74) is 0.290. The third-order valence-electron chi connectivity index (χ3n) is 3.00. The Morgan fingerprint density at radius 2 is 2.00 bits per heavy atom. The molecule has 4 heteroatoms. The molecule has 0 amide bonds. The Bertz CT molecular complexity index is 243. The van der Waals surface area contributed by atoms with Gasteiger partial charge in [-0.25, -0.2) is 4.79 Å². The summed E-state index contributed by atoms with van der Waals surface area (Å²) < 4.78 is 0. The number of carboxylic acid groups (broad SMARTS) is 1. The van der Waals surface area contributed by atoms with Crippen LogP contribution in [0.25, 0.3) is 0 Å². The summed E-state index contributed by atoms with van der Waals surface area (Å²) in [6.07, 6.45) is 2.22. The van der Waals surface area contributed by atoms with Gasteiger partial charge in [-0.3, -0.25) is 4.90 Å². The highest BCUT2D eigenvalue weighted by atomic mass is 16.4. The number of nitrogens with zero attached hydrogens (tertiary/aromatic N) is 2. The molecule has 86 valence electrons. The van der Waals surface area contributed by atoms with Crippen molar-refractivity contribution in [2.45, 2.75) is 18.9 Å². The lowest BCUT2D eigenvalue weighted by Crippen LogP contribution is -2.42. The van der Waals surface area contributed by atoms with Gasteiger partial charge in [0.25, 0.3) is 0 Å². The lowest BCUT2D eigenvalue weighted by atomic mass is 10.0. The minimum absolute atomic E-state index is 0.290. The Morgan fingerprint density at radius 1 is 1.47 bits per heavy atom. The lowest BCUT2D eigenvalue weighted by molar-refractivity contribution is -0.132. The molecule has 15 heavy (non-hydrogen) atoms. The van der Waals surface area contributed by atoms with Gasteiger partial charge in [0.05, 0.1) is 0 Å². The van der Waals surface area contributed by atoms with E-state index >= 15 is 0 Å². The largest absolute Gasteiger partial charge is 0.478 e. The summed E-state index contributed by atoms with van der Waals surface area (Å²) in [6, 6.07) is 0.638. The molecule has 4 nitrogen and oxygen atoms in total. The van der Waals surface area contributed by atoms with Crippen LogP contribution in [0.15, 0.2) is 12.2 Å². The van der Waals surface area contributed by atoms with Gasteiger partial charge in [-0.1, -0.05) is 6.58 Å². The normalized spacial score (nSPS) is 19.4. The average Bonchev–Trinajstić information content (AvgIpc) is 2.18. The Balaban J connectivity index is 2.32. The van der Waals surface area contributed by atoms with Gasteiger partial charge in [0, 0.05) is 18.2 Å². The van der Waals surface area contributed by atoms with E-state index in [4.69, 9.17) is 5.11 Å². The van der Waals surface area contributed by atoms with Crippen molar-refractivity contribution in [3.8, 4) is 0 Å². The molecule has 1 saturated heterocycles. The van der Waals surface area contributed by atoms with Crippen LogP contribution in [0.3, 0.4) is 0 Å². The van der Waals surface area contributed by atoms with Gasteiger partial charge in [-0.2, -0.15) is 0 Å². The summed E-state index contributed by atoms with van der Waals surface area (Å²) in [6.45, 7) is 5.98. The summed E-state index contributed by atoms with van der Waals surface area (Å²) in [7, 11) is 4.19. The zero-order valence-electron chi connectivity index (χ0n) is 9.57. The van der Waals surface area contributed by atoms with E-state index in [1.807, 2.05) is 0 Å². The molecule has 1 heterocycles. The monoisotopic (exact) mass is 212 g/mol. The van der Waals surface area contributed by atoms with E-state index in [0.29, 0.717) is 18.2 Å². The van der Waals surface area contributed by atoms with Crippen molar-refractivity contribution >= 4 is 5.97 Å². The van der Waals surface area contributed by atoms with Crippen molar-refractivity contribution in [1.82, 2.24) is 9.80 Å². The van der Waals surface area contributed by atoms with Crippen molar-refractivity contribution in [1.29, 1.82) is 0 Å². The fourth-order valence-corrected chi connectivity index (χ4v) is 1.93. The molecule has 0 unspecified atom stereocenters. The number of hydrogen-bond donors (Lipinski definition) is 1. The van der Waals surface area contributed by atoms with E-state index in [2.05, 4.69) is 30.5 Å². The highest BCUT2D eigenvalue weighted by Crippen LogP contribution is 2.14. The van der Waals surface area contributed by atoms with E-state index < -0.39 is 5.97 Å². The maximum Gasteiger partial charge on any atom is 0.332 e. The summed E-state index contributed by atoms with van der Waals surface area (Å²) in [4.78, 5) is 15.0. The third-order valence-corrected chi connectivity index (χ3v) is 3.00. The van der Waals surface area contributed by atoms with Gasteiger partial charge in [0.1, 0.15) is 0 Å². The molecule has 0 aliphatic carbocycles. The summed E-state index contributed by atoms with van der Waals surface area (Å²) in [5, 5.41) is 8.72. The first-order valence-corrected chi connectivity index (χ1v) is 5.30. The van der Waals surface area contributed by atoms with Gasteiger partial charge in [-0.05, 0) is 40.0 Å². The SMILES string of the molecule is C=C(CN1CCC(N(C)C)CC1)C(=O)O. The molecule has 1 fully saturated rings. The van der Waals surface area contributed by atoms with Crippen LogP contribution in [0.4, 0.5) is 0 Å². The Kier molecular flexibility index (Phi) is 4.29. The number of carbonyl (C=O) groups is 1. The van der Waals surface area contributed by atoms with Crippen LogP contribution >= 0.6 is 0 Å². The van der Waals surface area contributed by atoms with Crippen LogP contribution < -0.4 is 0 Å². The first kappa shape index (κ1) is 12.2. The lowest BCUT2D eigenvalue weighted by Gasteiger charge is -2.35. The Labute approximate surface area is 91.2 Å². The van der Waals surface area contributed by atoms with Crippen molar-refractivity contribution in [2.75, 3.05) is 33.7 Å². The van der Waals surface area contributed by atoms with Crippen molar-refractivity contribution in [2.24, 2.45) is 0 Å². The molecule has 1 aliphatic rings. The van der Waals surface area contributed by atoms with E-state index in [1.165, 1.54) is 0 Å². The average molecular weight is 212 g/mol. The molecule has 0 aromatic heterocycles. The van der Waals surface area contributed by atoms with Crippen molar-refractivity contribution in [3.63, 3.8) is 0 Å². The second-order valence-electron chi connectivity index (χ2n) is 4.38. The first-order valence-electron chi connectivity index (χ1n) is 5.30. The van der Waals surface area contributed by atoms with E-state index in [0.717, 1.165) is 25.9 Å². The second-order valence-corrected chi connectivity index (χ2v) is 4.38. The molecule has 0 aromatic carbocycles. The predicted molar refractivity (Wildman–Crippen MR) is 59.9 cm³/mol. The van der Waals surface area contributed by atoms with E-state index in [9.17, 15) is 4.79 Å². The number of piperidine rings is 1. The molecule has 1 rings (SSSR count). The second kappa shape index (κ2) is 5.28. The molecule has 0 aromatic rings. The minimum atomic E-state index is -0.885. The molecular formula is C11H20N2O2. The van der Waals surface area contributed by atoms with Crippen molar-refractivity contribution < 1.29 is 9.90 Å². The van der Waals surface area contributed by atoms with Crippen LogP contribution in [-0.2, 0) is 4.79 Å². The van der Waals surface area contributed by atoms with Gasteiger partial charge >= 0.3 is 5.97 Å². The summed E-state index contributed by atoms with van der Waals surface area (Å²) in [5.74, 6) is -0.885. The van der Waals surface area contributed by atoms with Gasteiger partial charge in [0.2, 0.25) is 0 Å². The first-order chi connectivity index (χ1) is 7.00. The van der Waals surface area contributed by atoms with Crippen LogP contribution in [-0.4, -0.2) is 60.6 Å². The molecule has 1 aliphatic heterocycles. The van der Waals surface area contributed by atoms with E-state index in [1.54, 1.807) is 0 Å². The third kappa shape index (κ3) is 3.64. The number of carboxylic acids is 1. The van der Waals surface area contributed by atoms with Crippen LogP contribution in [0.5, 0.6) is 0 Å². The van der Waals surface area contributed by atoms with Gasteiger partial charge in [0.15, 0.2) is 0 Å². The quantitative estimate of drug-likeness (QED) is 0.695. The molecule has 0 atom stereocenters. The zero-order chi connectivity index (χ0) is 11.4. The number of rotatable bonds is 4. The smallest absolute Gasteiger partial charge is 0.332 e. The molecule has 0 saturated carbocycles. The maximum absolute atomic E-state index is 10.6. The molecule has 0 radical (unpaired) electrons.